The Bertz CT molecular complexity index is 1090. The van der Waals surface area contributed by atoms with E-state index in [2.05, 4.69) is 26.1 Å². The molecular formula is C26H33N3O3. The molecule has 0 spiro atoms. The molecule has 2 aromatic rings. The zero-order valence-corrected chi connectivity index (χ0v) is 19.5. The molecule has 2 fully saturated rings. The van der Waals surface area contributed by atoms with Crippen LogP contribution in [0.3, 0.4) is 0 Å². The summed E-state index contributed by atoms with van der Waals surface area (Å²) in [4.78, 5) is 41.1. The molecule has 2 amide bonds. The van der Waals surface area contributed by atoms with Crippen LogP contribution >= 0.6 is 0 Å². The molecule has 6 nitrogen and oxygen atoms in total. The lowest BCUT2D eigenvalue weighted by molar-refractivity contribution is 0.0706. The van der Waals surface area contributed by atoms with Gasteiger partial charge in [-0.1, -0.05) is 51.1 Å². The summed E-state index contributed by atoms with van der Waals surface area (Å²) in [6.07, 6.45) is 6.91. The number of aromatic nitrogens is 1. The van der Waals surface area contributed by atoms with Crippen molar-refractivity contribution in [3.05, 3.63) is 69.6 Å². The van der Waals surface area contributed by atoms with Crippen molar-refractivity contribution in [2.45, 2.75) is 59.0 Å². The monoisotopic (exact) mass is 435 g/mol. The molecule has 4 rings (SSSR count). The highest BCUT2D eigenvalue weighted by atomic mass is 16.2. The van der Waals surface area contributed by atoms with Gasteiger partial charge in [-0.05, 0) is 42.1 Å². The summed E-state index contributed by atoms with van der Waals surface area (Å²) >= 11 is 0. The number of nitrogens with zero attached hydrogens (tertiary/aromatic N) is 2. The number of nitrogens with one attached hydrogen (secondary N) is 1. The number of hydrogen-bond acceptors (Lipinski definition) is 3. The smallest absolute Gasteiger partial charge is 0.259 e. The summed E-state index contributed by atoms with van der Waals surface area (Å²) < 4.78 is 1.81. The number of carbonyl (C=O) groups excluding carboxylic acids is 2. The van der Waals surface area contributed by atoms with Gasteiger partial charge in [-0.2, -0.15) is 0 Å². The fourth-order valence-electron chi connectivity index (χ4n) is 5.96. The van der Waals surface area contributed by atoms with E-state index in [1.807, 2.05) is 35.2 Å². The SMILES string of the molecule is CNC(=O)c1cn(CCc2ccccc2)cc(C(=O)N2CC3(C)CC2CC(C)(C)C3)c1=O. The lowest BCUT2D eigenvalue weighted by atomic mass is 9.65. The van der Waals surface area contributed by atoms with Gasteiger partial charge in [0.1, 0.15) is 11.1 Å². The van der Waals surface area contributed by atoms with Crippen molar-refractivity contribution in [2.24, 2.45) is 10.8 Å². The van der Waals surface area contributed by atoms with Crippen LogP contribution in [0.5, 0.6) is 0 Å². The predicted molar refractivity (Wildman–Crippen MR) is 125 cm³/mol. The second-order valence-corrected chi connectivity index (χ2v) is 10.6. The molecular weight excluding hydrogens is 402 g/mol. The molecule has 32 heavy (non-hydrogen) atoms. The number of aryl methyl sites for hydroxylation is 2. The lowest BCUT2D eigenvalue weighted by Crippen LogP contribution is -2.41. The van der Waals surface area contributed by atoms with Gasteiger partial charge in [-0.15, -0.1) is 0 Å². The fourth-order valence-corrected chi connectivity index (χ4v) is 5.96. The average Bonchev–Trinajstić information content (AvgIpc) is 3.01. The molecule has 1 aromatic carbocycles. The normalized spacial score (nSPS) is 23.8. The predicted octanol–water partition coefficient (Wildman–Crippen LogP) is 3.49. The number of amides is 2. The van der Waals surface area contributed by atoms with E-state index in [1.54, 1.807) is 17.0 Å². The third kappa shape index (κ3) is 4.36. The van der Waals surface area contributed by atoms with Gasteiger partial charge in [0.05, 0.1) is 0 Å². The maximum atomic E-state index is 13.6. The summed E-state index contributed by atoms with van der Waals surface area (Å²) in [6.45, 7) is 7.99. The van der Waals surface area contributed by atoms with Crippen molar-refractivity contribution < 1.29 is 9.59 Å². The van der Waals surface area contributed by atoms with Crippen molar-refractivity contribution in [2.75, 3.05) is 13.6 Å². The Balaban J connectivity index is 1.67. The molecule has 1 N–H and O–H groups in total. The summed E-state index contributed by atoms with van der Waals surface area (Å²) in [5, 5.41) is 2.54. The quantitative estimate of drug-likeness (QED) is 0.782. The molecule has 1 saturated heterocycles. The third-order valence-corrected chi connectivity index (χ3v) is 6.96. The molecule has 0 radical (unpaired) electrons. The van der Waals surface area contributed by atoms with Crippen LogP contribution in [0.15, 0.2) is 47.5 Å². The number of carbonyl (C=O) groups is 2. The van der Waals surface area contributed by atoms with E-state index >= 15 is 0 Å². The molecule has 2 atom stereocenters. The molecule has 1 saturated carbocycles. The highest BCUT2D eigenvalue weighted by molar-refractivity contribution is 5.99. The van der Waals surface area contributed by atoms with Gasteiger partial charge in [0.15, 0.2) is 0 Å². The molecule has 1 aromatic heterocycles. The molecule has 1 aliphatic heterocycles. The number of rotatable bonds is 5. The van der Waals surface area contributed by atoms with Crippen molar-refractivity contribution in [3.8, 4) is 0 Å². The maximum Gasteiger partial charge on any atom is 0.259 e. The Hall–Kier alpha value is -2.89. The number of likely N-dealkylation sites (tertiary alicyclic amines) is 1. The van der Waals surface area contributed by atoms with Gasteiger partial charge in [-0.25, -0.2) is 0 Å². The third-order valence-electron chi connectivity index (χ3n) is 6.96. The molecule has 2 aliphatic rings. The van der Waals surface area contributed by atoms with E-state index in [-0.39, 0.29) is 33.9 Å². The van der Waals surface area contributed by atoms with E-state index < -0.39 is 11.3 Å². The van der Waals surface area contributed by atoms with E-state index in [4.69, 9.17) is 0 Å². The zero-order valence-electron chi connectivity index (χ0n) is 19.5. The number of hydrogen-bond donors (Lipinski definition) is 1. The lowest BCUT2D eigenvalue weighted by Gasteiger charge is -2.39. The number of pyridine rings is 1. The van der Waals surface area contributed by atoms with Crippen molar-refractivity contribution in [1.82, 2.24) is 14.8 Å². The number of fused-ring (bicyclic) bond motifs is 2. The van der Waals surface area contributed by atoms with Crippen LogP contribution in [0.2, 0.25) is 0 Å². The second-order valence-electron chi connectivity index (χ2n) is 10.6. The molecule has 1 aliphatic carbocycles. The fraction of sp³-hybridized carbons (Fsp3) is 0.500. The zero-order chi connectivity index (χ0) is 23.1. The number of benzene rings is 1. The van der Waals surface area contributed by atoms with Crippen molar-refractivity contribution >= 4 is 11.8 Å². The molecule has 6 heteroatoms. The summed E-state index contributed by atoms with van der Waals surface area (Å²) in [5.41, 5.74) is 1.02. The minimum Gasteiger partial charge on any atom is -0.355 e. The van der Waals surface area contributed by atoms with Crippen molar-refractivity contribution in [3.63, 3.8) is 0 Å². The molecule has 2 bridgehead atoms. The van der Waals surface area contributed by atoms with Crippen LogP contribution < -0.4 is 10.7 Å². The highest BCUT2D eigenvalue weighted by Gasteiger charge is 2.51. The first-order valence-corrected chi connectivity index (χ1v) is 11.4. The minimum atomic E-state index is -0.490. The maximum absolute atomic E-state index is 13.6. The Morgan fingerprint density at radius 2 is 1.75 bits per heavy atom. The van der Waals surface area contributed by atoms with E-state index in [0.29, 0.717) is 13.1 Å². The van der Waals surface area contributed by atoms with Gasteiger partial charge < -0.3 is 14.8 Å². The summed E-state index contributed by atoms with van der Waals surface area (Å²) in [5.74, 6) is -0.716. The van der Waals surface area contributed by atoms with Gasteiger partial charge in [-0.3, -0.25) is 14.4 Å². The van der Waals surface area contributed by atoms with Gasteiger partial charge >= 0.3 is 0 Å². The Morgan fingerprint density at radius 1 is 1.06 bits per heavy atom. The standard InChI is InChI=1S/C26H33N3O3/c1-25(2)12-19-13-26(3,16-25)17-29(19)24(32)21-15-28(11-10-18-8-6-5-7-9-18)14-20(22(21)30)23(31)27-4/h5-9,14-15,19H,10-13,16-17H2,1-4H3,(H,27,31). The van der Waals surface area contributed by atoms with Gasteiger partial charge in [0.25, 0.3) is 11.8 Å². The van der Waals surface area contributed by atoms with Crippen molar-refractivity contribution in [1.29, 1.82) is 0 Å². The summed E-state index contributed by atoms with van der Waals surface area (Å²) in [7, 11) is 1.50. The topological polar surface area (TPSA) is 71.4 Å². The van der Waals surface area contributed by atoms with Crippen LogP contribution in [0.4, 0.5) is 0 Å². The van der Waals surface area contributed by atoms with Crippen LogP contribution in [-0.2, 0) is 13.0 Å². The molecule has 170 valence electrons. The Kier molecular flexibility index (Phi) is 5.74. The van der Waals surface area contributed by atoms with Crippen LogP contribution in [0, 0.1) is 10.8 Å². The Labute approximate surface area is 189 Å². The molecule has 2 heterocycles. The van der Waals surface area contributed by atoms with Gasteiger partial charge in [0.2, 0.25) is 5.43 Å². The summed E-state index contributed by atoms with van der Waals surface area (Å²) in [6, 6.07) is 10.2. The molecule has 2 unspecified atom stereocenters. The second kappa shape index (κ2) is 8.23. The largest absolute Gasteiger partial charge is 0.355 e. The van der Waals surface area contributed by atoms with E-state index in [0.717, 1.165) is 31.2 Å². The van der Waals surface area contributed by atoms with Gasteiger partial charge in [0, 0.05) is 38.6 Å². The Morgan fingerprint density at radius 3 is 2.44 bits per heavy atom. The minimum absolute atomic E-state index is 0.0140. The first-order chi connectivity index (χ1) is 15.1. The highest BCUT2D eigenvalue weighted by Crippen LogP contribution is 2.52. The van der Waals surface area contributed by atoms with Crippen LogP contribution in [0.25, 0.3) is 0 Å². The van der Waals surface area contributed by atoms with E-state index in [1.165, 1.54) is 7.05 Å². The first kappa shape index (κ1) is 22.3. The van der Waals surface area contributed by atoms with E-state index in [9.17, 15) is 14.4 Å². The first-order valence-electron chi connectivity index (χ1n) is 11.4. The van der Waals surface area contributed by atoms with Crippen LogP contribution in [0.1, 0.15) is 66.3 Å². The van der Waals surface area contributed by atoms with Crippen LogP contribution in [-0.4, -0.2) is 40.9 Å². The average molecular weight is 436 g/mol.